The number of aryl methyl sites for hydroxylation is 3. The van der Waals surface area contributed by atoms with Gasteiger partial charge >= 0.3 is 5.63 Å². The molecule has 0 radical (unpaired) electrons. The standard InChI is InChI=1S/C21H22N2O7/c1-10-9-29-19-12(3)20-15(6-14(10)19)11(2)13(21(28)30-20)4-5-16(24)22-7-17(25)23-8-18(26)27/h6,9H,4-5,7-8H2,1-3H3,(H,22,24)(H,23,25)(H,26,27)/p-1. The maximum Gasteiger partial charge on any atom is 0.339 e. The third kappa shape index (κ3) is 4.19. The average Bonchev–Trinajstić information content (AvgIpc) is 3.06. The molecule has 0 fully saturated rings. The average molecular weight is 413 g/mol. The van der Waals surface area contributed by atoms with Crippen LogP contribution in [0.25, 0.3) is 21.9 Å². The van der Waals surface area contributed by atoms with E-state index in [0.717, 1.165) is 27.5 Å². The fraction of sp³-hybridized carbons (Fsp3) is 0.333. The van der Waals surface area contributed by atoms with E-state index in [1.54, 1.807) is 13.2 Å². The number of carbonyl (C=O) groups excluding carboxylic acids is 3. The fourth-order valence-corrected chi connectivity index (χ4v) is 3.35. The molecule has 2 heterocycles. The number of furan rings is 1. The van der Waals surface area contributed by atoms with Crippen LogP contribution < -0.4 is 21.4 Å². The largest absolute Gasteiger partial charge is 0.548 e. The maximum atomic E-state index is 12.5. The molecule has 2 aromatic heterocycles. The summed E-state index contributed by atoms with van der Waals surface area (Å²) in [7, 11) is 0. The molecule has 9 heteroatoms. The molecule has 2 amide bonds. The second-order valence-corrected chi connectivity index (χ2v) is 7.09. The van der Waals surface area contributed by atoms with Gasteiger partial charge in [0.1, 0.15) is 11.2 Å². The van der Waals surface area contributed by atoms with Gasteiger partial charge < -0.3 is 29.4 Å². The molecule has 3 aromatic rings. The van der Waals surface area contributed by atoms with Crippen molar-refractivity contribution in [1.82, 2.24) is 10.6 Å². The number of hydrogen-bond acceptors (Lipinski definition) is 7. The molecule has 0 saturated carbocycles. The van der Waals surface area contributed by atoms with E-state index in [1.807, 2.05) is 19.9 Å². The summed E-state index contributed by atoms with van der Waals surface area (Å²) in [6.07, 6.45) is 1.76. The number of aliphatic carboxylic acids is 1. The van der Waals surface area contributed by atoms with E-state index in [9.17, 15) is 24.3 Å². The van der Waals surface area contributed by atoms with Gasteiger partial charge in [-0.15, -0.1) is 0 Å². The summed E-state index contributed by atoms with van der Waals surface area (Å²) in [6, 6.07) is 1.92. The quantitative estimate of drug-likeness (QED) is 0.533. The van der Waals surface area contributed by atoms with Gasteiger partial charge in [0.2, 0.25) is 11.8 Å². The van der Waals surface area contributed by atoms with Crippen LogP contribution in [0.4, 0.5) is 0 Å². The maximum absolute atomic E-state index is 12.5. The molecule has 0 unspecified atom stereocenters. The Morgan fingerprint density at radius 1 is 0.967 bits per heavy atom. The third-order valence-electron chi connectivity index (χ3n) is 5.01. The molecule has 0 aliphatic heterocycles. The van der Waals surface area contributed by atoms with Crippen LogP contribution in [0.5, 0.6) is 0 Å². The van der Waals surface area contributed by atoms with Gasteiger partial charge in [-0.2, -0.15) is 0 Å². The predicted molar refractivity (Wildman–Crippen MR) is 106 cm³/mol. The minimum absolute atomic E-state index is 0.0309. The summed E-state index contributed by atoms with van der Waals surface area (Å²) < 4.78 is 11.1. The van der Waals surface area contributed by atoms with Gasteiger partial charge in [-0.25, -0.2) is 4.79 Å². The van der Waals surface area contributed by atoms with Crippen LogP contribution >= 0.6 is 0 Å². The molecule has 9 nitrogen and oxygen atoms in total. The molecule has 3 rings (SSSR count). The molecule has 0 spiro atoms. The Morgan fingerprint density at radius 3 is 2.37 bits per heavy atom. The molecule has 0 aliphatic rings. The Balaban J connectivity index is 1.76. The lowest BCUT2D eigenvalue weighted by molar-refractivity contribution is -0.304. The summed E-state index contributed by atoms with van der Waals surface area (Å²) in [5.41, 5.74) is 3.43. The highest BCUT2D eigenvalue weighted by Crippen LogP contribution is 2.32. The summed E-state index contributed by atoms with van der Waals surface area (Å²) in [6.45, 7) is 4.57. The zero-order valence-corrected chi connectivity index (χ0v) is 16.8. The second kappa shape index (κ2) is 8.40. The van der Waals surface area contributed by atoms with Gasteiger partial charge in [0.15, 0.2) is 0 Å². The zero-order chi connectivity index (χ0) is 22.0. The lowest BCUT2D eigenvalue weighted by atomic mass is 9.98. The minimum Gasteiger partial charge on any atom is -0.548 e. The monoisotopic (exact) mass is 413 g/mol. The molecule has 0 saturated heterocycles. The van der Waals surface area contributed by atoms with Crippen molar-refractivity contribution in [3.63, 3.8) is 0 Å². The summed E-state index contributed by atoms with van der Waals surface area (Å²) >= 11 is 0. The Labute approximate surface area is 171 Å². The molecule has 0 aliphatic carbocycles. The van der Waals surface area contributed by atoms with Gasteiger partial charge in [0, 0.05) is 28.3 Å². The van der Waals surface area contributed by atoms with Gasteiger partial charge in [-0.3, -0.25) is 9.59 Å². The lowest BCUT2D eigenvalue weighted by Gasteiger charge is -2.10. The highest BCUT2D eigenvalue weighted by atomic mass is 16.4. The summed E-state index contributed by atoms with van der Waals surface area (Å²) in [5.74, 6) is -2.52. The first kappa shape index (κ1) is 21.1. The van der Waals surface area contributed by atoms with Crippen LogP contribution in [0, 0.1) is 20.8 Å². The third-order valence-corrected chi connectivity index (χ3v) is 5.01. The van der Waals surface area contributed by atoms with Crippen molar-refractivity contribution in [2.45, 2.75) is 33.6 Å². The molecule has 0 bridgehead atoms. The zero-order valence-electron chi connectivity index (χ0n) is 16.8. The Morgan fingerprint density at radius 2 is 1.67 bits per heavy atom. The van der Waals surface area contributed by atoms with Gasteiger partial charge in [0.05, 0.1) is 25.3 Å². The summed E-state index contributed by atoms with van der Waals surface area (Å²) in [4.78, 5) is 46.3. The van der Waals surface area contributed by atoms with Gasteiger partial charge in [0.25, 0.3) is 0 Å². The van der Waals surface area contributed by atoms with Crippen LogP contribution in [0.2, 0.25) is 0 Å². The number of hydrogen-bond donors (Lipinski definition) is 2. The van der Waals surface area contributed by atoms with E-state index < -0.39 is 30.0 Å². The van der Waals surface area contributed by atoms with Crippen molar-refractivity contribution >= 4 is 39.7 Å². The summed E-state index contributed by atoms with van der Waals surface area (Å²) in [5, 5.41) is 16.5. The van der Waals surface area contributed by atoms with E-state index in [4.69, 9.17) is 8.83 Å². The predicted octanol–water partition coefficient (Wildman–Crippen LogP) is 0.379. The van der Waals surface area contributed by atoms with Crippen LogP contribution in [0.15, 0.2) is 26.0 Å². The number of fused-ring (bicyclic) bond motifs is 2. The van der Waals surface area contributed by atoms with Gasteiger partial charge in [-0.05, 0) is 44.4 Å². The van der Waals surface area contributed by atoms with Crippen LogP contribution in [-0.4, -0.2) is 30.9 Å². The number of nitrogens with one attached hydrogen (secondary N) is 2. The minimum atomic E-state index is -1.42. The fourth-order valence-electron chi connectivity index (χ4n) is 3.35. The molecular weight excluding hydrogens is 392 g/mol. The van der Waals surface area contributed by atoms with E-state index in [-0.39, 0.29) is 19.4 Å². The number of amides is 2. The molecular formula is C21H21N2O7-. The van der Waals surface area contributed by atoms with E-state index in [0.29, 0.717) is 16.7 Å². The second-order valence-electron chi connectivity index (χ2n) is 7.09. The first-order valence-electron chi connectivity index (χ1n) is 9.36. The SMILES string of the molecule is Cc1coc2c(C)c3oc(=O)c(CCC(=O)NCC(=O)NCC(=O)[O-])c(C)c3cc12. The van der Waals surface area contributed by atoms with Crippen LogP contribution in [-0.2, 0) is 20.8 Å². The number of carboxylic acid groups (broad SMARTS) is 1. The number of rotatable bonds is 7. The molecule has 0 atom stereocenters. The van der Waals surface area contributed by atoms with E-state index >= 15 is 0 Å². The first-order chi connectivity index (χ1) is 14.2. The van der Waals surface area contributed by atoms with Crippen molar-refractivity contribution in [2.24, 2.45) is 0 Å². The smallest absolute Gasteiger partial charge is 0.339 e. The number of carbonyl (C=O) groups is 3. The highest BCUT2D eigenvalue weighted by Gasteiger charge is 2.18. The highest BCUT2D eigenvalue weighted by molar-refractivity contribution is 5.99. The van der Waals surface area contributed by atoms with Crippen LogP contribution in [0.3, 0.4) is 0 Å². The molecule has 158 valence electrons. The Hall–Kier alpha value is -3.62. The topological polar surface area (TPSA) is 142 Å². The van der Waals surface area contributed by atoms with Gasteiger partial charge in [-0.1, -0.05) is 0 Å². The van der Waals surface area contributed by atoms with E-state index in [1.165, 1.54) is 0 Å². The van der Waals surface area contributed by atoms with Crippen molar-refractivity contribution in [3.8, 4) is 0 Å². The normalized spacial score (nSPS) is 11.0. The van der Waals surface area contributed by atoms with Crippen LogP contribution in [0.1, 0.15) is 28.7 Å². The Bertz CT molecular complexity index is 1220. The molecule has 30 heavy (non-hydrogen) atoms. The van der Waals surface area contributed by atoms with Crippen molar-refractivity contribution in [3.05, 3.63) is 45.0 Å². The van der Waals surface area contributed by atoms with Crippen molar-refractivity contribution < 1.29 is 28.3 Å². The number of benzene rings is 1. The first-order valence-corrected chi connectivity index (χ1v) is 9.36. The Kier molecular flexibility index (Phi) is 5.91. The lowest BCUT2D eigenvalue weighted by Crippen LogP contribution is -2.42. The molecule has 1 aromatic carbocycles. The number of carboxylic acids is 1. The van der Waals surface area contributed by atoms with E-state index in [2.05, 4.69) is 10.6 Å². The van der Waals surface area contributed by atoms with Crippen molar-refractivity contribution in [1.29, 1.82) is 0 Å². The van der Waals surface area contributed by atoms with Crippen molar-refractivity contribution in [2.75, 3.05) is 13.1 Å². The molecule has 2 N–H and O–H groups in total.